The van der Waals surface area contributed by atoms with Gasteiger partial charge in [-0.15, -0.1) is 34.0 Å². The maximum Gasteiger partial charge on any atom is 0.393 e. The van der Waals surface area contributed by atoms with Crippen molar-refractivity contribution in [3.63, 3.8) is 0 Å². The van der Waals surface area contributed by atoms with Crippen LogP contribution in [0.2, 0.25) is 0 Å². The Kier molecular flexibility index (Phi) is 22.8. The Morgan fingerprint density at radius 1 is 0.429 bits per heavy atom. The van der Waals surface area contributed by atoms with Crippen LogP contribution in [-0.4, -0.2) is 159 Å². The number of alkyl halides is 9. The molecule has 3 aliphatic carbocycles. The van der Waals surface area contributed by atoms with Gasteiger partial charge in [0.1, 0.15) is 24.4 Å². The van der Waals surface area contributed by atoms with Gasteiger partial charge in [-0.3, -0.25) is 0 Å². The molecule has 6 aromatic carbocycles. The molecule has 3 aromatic heterocycles. The van der Waals surface area contributed by atoms with Crippen LogP contribution in [0.5, 0.6) is 17.2 Å². The molecule has 3 aliphatic heterocycles. The van der Waals surface area contributed by atoms with Crippen LogP contribution in [0, 0.1) is 71.0 Å². The summed E-state index contributed by atoms with van der Waals surface area (Å²) in [5, 5.41) is 23.2. The van der Waals surface area contributed by atoms with E-state index in [1.165, 1.54) is 55.3 Å². The summed E-state index contributed by atoms with van der Waals surface area (Å²) in [6, 6.07) is 33.1. The molecule has 3 saturated heterocycles. The van der Waals surface area contributed by atoms with Gasteiger partial charge in [0, 0.05) is 62.7 Å². The van der Waals surface area contributed by atoms with Gasteiger partial charge in [0.2, 0.25) is 0 Å². The molecule has 0 radical (unpaired) electrons. The number of hydrogen-bond donors (Lipinski definition) is 6. The van der Waals surface area contributed by atoms with Crippen molar-refractivity contribution in [2.24, 2.45) is 35.5 Å². The van der Waals surface area contributed by atoms with E-state index in [4.69, 9.17) is 14.2 Å². The molecule has 7 atom stereocenters. The Hall–Kier alpha value is -8.44. The third-order valence-electron chi connectivity index (χ3n) is 23.6. The second-order valence-corrected chi connectivity index (χ2v) is 37.4. The highest BCUT2D eigenvalue weighted by atomic mass is 32.1. The summed E-state index contributed by atoms with van der Waals surface area (Å²) in [7, 11) is 7.17. The van der Waals surface area contributed by atoms with Gasteiger partial charge in [-0.2, -0.15) is 39.5 Å². The highest BCUT2D eigenvalue weighted by molar-refractivity contribution is 7.71. The first kappa shape index (κ1) is 78.8. The van der Waals surface area contributed by atoms with E-state index in [9.17, 15) is 39.5 Å². The lowest BCUT2D eigenvalue weighted by Gasteiger charge is -2.37. The molecule has 3 saturated carbocycles. The fourth-order valence-corrected chi connectivity index (χ4v) is 24.8. The average Bonchev–Trinajstić information content (AvgIpc) is 1.12. The molecule has 6 fully saturated rings. The van der Waals surface area contributed by atoms with Crippen LogP contribution >= 0.6 is 41.2 Å². The van der Waals surface area contributed by atoms with E-state index in [1.807, 2.05) is 48.5 Å². The van der Waals surface area contributed by atoms with E-state index in [1.54, 1.807) is 67.3 Å². The molecule has 6 heterocycles. The zero-order chi connectivity index (χ0) is 78.5. The first-order chi connectivity index (χ1) is 53.7. The number of likely N-dealkylation sites (tertiary alicyclic amines) is 3. The molecule has 7 unspecified atom stereocenters. The molecular weight excluding hydrogens is 1520 g/mol. The number of nitrogens with one attached hydrogen (secondary N) is 6. The molecule has 590 valence electrons. The summed E-state index contributed by atoms with van der Waals surface area (Å²) in [5.41, 5.74) is 4.61. The Balaban J connectivity index is 0.712. The predicted octanol–water partition coefficient (Wildman–Crippen LogP) is 18.7. The van der Waals surface area contributed by atoms with E-state index in [0.717, 1.165) is 109 Å². The fraction of sp³-hybridized carbons (Fsp3) is 0.442. The summed E-state index contributed by atoms with van der Waals surface area (Å²) >= 11 is 3.79. The molecule has 13 nitrogen and oxygen atoms in total. The smallest absolute Gasteiger partial charge is 0.393 e. The minimum atomic E-state index is -4.48. The third-order valence-corrected chi connectivity index (χ3v) is 30.1. The molecule has 0 amide bonds. The van der Waals surface area contributed by atoms with Crippen LogP contribution in [0.3, 0.4) is 0 Å². The van der Waals surface area contributed by atoms with E-state index >= 15 is 4.57 Å². The Morgan fingerprint density at radius 3 is 1.02 bits per heavy atom. The molecule has 9 aromatic rings. The van der Waals surface area contributed by atoms with E-state index in [-0.39, 0.29) is 54.5 Å². The topological polar surface area (TPSA) is 127 Å². The van der Waals surface area contributed by atoms with Gasteiger partial charge in [-0.1, -0.05) is 84.1 Å². The predicted molar refractivity (Wildman–Crippen MR) is 438 cm³/mol. The highest BCUT2D eigenvalue weighted by Crippen LogP contribution is 2.60. The second-order valence-electron chi connectivity index (χ2n) is 31.3. The highest BCUT2D eigenvalue weighted by Gasteiger charge is 2.45. The van der Waals surface area contributed by atoms with Gasteiger partial charge >= 0.3 is 18.5 Å². The molecule has 6 bridgehead atoms. The number of halogens is 9. The number of methoxy groups -OCH3 is 3. The zero-order valence-corrected chi connectivity index (χ0v) is 66.8. The minimum absolute atomic E-state index is 0.0216. The third kappa shape index (κ3) is 17.0. The maximum absolute atomic E-state index is 16.4. The van der Waals surface area contributed by atoms with Crippen molar-refractivity contribution in [3.8, 4) is 52.8 Å². The van der Waals surface area contributed by atoms with Gasteiger partial charge in [0.05, 0.1) is 129 Å². The number of ether oxygens (including phenoxy) is 3. The second kappa shape index (κ2) is 32.4. The molecule has 15 rings (SSSR count). The van der Waals surface area contributed by atoms with Crippen molar-refractivity contribution in [1.82, 2.24) is 14.7 Å². The standard InChI is InChI=1S/C86H91F9N9O4PS3/c1-102-44-52-23-24-53(45-102)77(52)99-68-17-8-14-59-62(41-84(87,88)89)74(110-81(59)68)20-11-35-96-65-32-29-50(38-71(65)106-4)80(51-30-33-66(72(39-51)107-5)97-36-12-21-75-63(42-85(90,91)92)60-15-9-18-69(82(60)111-75)100-78-54-25-26-55(78)47-103(2)46-54)109(7,105)58-31-34-67(73(40-58)108-6)98-37-13-22-76-64(43-86(93,94)95)61-16-10-19-70(83(61)112-76)101-79-56-27-28-57(79)49-104(3)48-56/h8-10,14-19,29-34,38-40,52-57,77-80,96-101H,23-28,35-37,41-49H2,1-7H3. The number of thiophene rings is 3. The van der Waals surface area contributed by atoms with Crippen LogP contribution in [0.15, 0.2) is 109 Å². The summed E-state index contributed by atoms with van der Waals surface area (Å²) < 4.78 is 166. The Labute approximate surface area is 659 Å². The van der Waals surface area contributed by atoms with Crippen molar-refractivity contribution in [2.75, 3.05) is 140 Å². The normalized spacial score (nSPS) is 22.6. The molecule has 0 spiro atoms. The van der Waals surface area contributed by atoms with Crippen LogP contribution in [0.1, 0.15) is 86.6 Å². The van der Waals surface area contributed by atoms with E-state index in [0.29, 0.717) is 117 Å². The van der Waals surface area contributed by atoms with Crippen molar-refractivity contribution < 1.29 is 58.3 Å². The lowest BCUT2D eigenvalue weighted by molar-refractivity contribution is -0.127. The average molecular weight is 1610 g/mol. The molecular formula is C86H91F9N9O4PS3. The number of rotatable bonds is 22. The van der Waals surface area contributed by atoms with Gasteiger partial charge in [0.25, 0.3) is 0 Å². The first-order valence-electron chi connectivity index (χ1n) is 38.1. The van der Waals surface area contributed by atoms with Crippen molar-refractivity contribution in [3.05, 3.63) is 152 Å². The van der Waals surface area contributed by atoms with E-state index < -0.39 is 50.6 Å². The zero-order valence-electron chi connectivity index (χ0n) is 63.4. The number of hydrogen-bond acceptors (Lipinski definition) is 16. The SMILES string of the molecule is COc1cc(C(c2ccc(NCC#Cc3sc4c(NC5C6CCC5CN(C)C6)cccc4c3CC(F)(F)F)c(OC)c2)P(C)(=O)c2ccc(NCC#Cc3sc4c(NC5C6CCC5CN(C)C6)cccc4c3CC(F)(F)F)c(OC)c2)ccc1NCC#Cc1sc2c(NC3C4CCC3CN(C)C4)cccc2c1CC(F)(F)F. The molecule has 6 aliphatic rings. The molecule has 6 N–H and O–H groups in total. The fourth-order valence-electron chi connectivity index (χ4n) is 18.8. The van der Waals surface area contributed by atoms with Crippen molar-refractivity contribution in [1.29, 1.82) is 0 Å². The van der Waals surface area contributed by atoms with Gasteiger partial charge in [0.15, 0.2) is 0 Å². The van der Waals surface area contributed by atoms with Crippen LogP contribution in [0.25, 0.3) is 30.3 Å². The van der Waals surface area contributed by atoms with Crippen molar-refractivity contribution in [2.45, 2.75) is 100 Å². The largest absolute Gasteiger partial charge is 0.495 e. The summed E-state index contributed by atoms with van der Waals surface area (Å²) in [6.07, 6.45) is -10.2. The number of anilines is 6. The van der Waals surface area contributed by atoms with Crippen LogP contribution in [0.4, 0.5) is 73.6 Å². The number of piperidine rings is 3. The van der Waals surface area contributed by atoms with Gasteiger partial charge < -0.3 is 65.4 Å². The molecule has 26 heteroatoms. The lowest BCUT2D eigenvalue weighted by Crippen LogP contribution is -2.46. The number of fused-ring (bicyclic) bond motifs is 9. The number of benzene rings is 6. The van der Waals surface area contributed by atoms with E-state index in [2.05, 4.69) is 103 Å². The first-order valence-corrected chi connectivity index (χ1v) is 42.8. The monoisotopic (exact) mass is 1610 g/mol. The maximum atomic E-state index is 16.4. The Morgan fingerprint density at radius 2 is 0.723 bits per heavy atom. The van der Waals surface area contributed by atoms with Gasteiger partial charge in [-0.25, -0.2) is 0 Å². The van der Waals surface area contributed by atoms with Crippen molar-refractivity contribution >= 4 is 111 Å². The van der Waals surface area contributed by atoms with Crippen LogP contribution in [-0.2, 0) is 23.8 Å². The summed E-state index contributed by atoms with van der Waals surface area (Å²) in [4.78, 5) is 8.06. The Bertz CT molecular complexity index is 5010. The summed E-state index contributed by atoms with van der Waals surface area (Å²) in [6.45, 7) is 7.54. The lowest BCUT2D eigenvalue weighted by atomic mass is 9.92. The quantitative estimate of drug-likeness (QED) is 0.0219. The summed E-state index contributed by atoms with van der Waals surface area (Å²) in [5.74, 6) is 22.3. The molecule has 112 heavy (non-hydrogen) atoms. The number of nitrogens with zero attached hydrogens (tertiary/aromatic N) is 3. The minimum Gasteiger partial charge on any atom is -0.495 e. The van der Waals surface area contributed by atoms with Crippen LogP contribution < -0.4 is 51.4 Å². The van der Waals surface area contributed by atoms with Gasteiger partial charge in [-0.05, 0) is 206 Å².